The average Bonchev–Trinajstić information content (AvgIpc) is 3.05. The molecule has 0 saturated carbocycles. The molecule has 2 heterocycles. The molecule has 0 atom stereocenters. The topological polar surface area (TPSA) is 66.3 Å². The highest BCUT2D eigenvalue weighted by Gasteiger charge is 2.29. The van der Waals surface area contributed by atoms with Crippen molar-refractivity contribution in [1.29, 1.82) is 0 Å². The molecule has 3 rings (SSSR count). The molecule has 2 amide bonds. The first-order valence-corrected chi connectivity index (χ1v) is 9.23. The Bertz CT molecular complexity index is 796. The predicted molar refractivity (Wildman–Crippen MR) is 103 cm³/mol. The number of hydrogen-bond acceptors (Lipinski definition) is 4. The molecule has 9 heteroatoms. The number of halogens is 2. The fourth-order valence-corrected chi connectivity index (χ4v) is 3.73. The number of aromatic nitrogens is 3. The molecule has 1 aromatic heterocycles. The zero-order valence-electron chi connectivity index (χ0n) is 15.7. The van der Waals surface area contributed by atoms with Gasteiger partial charge in [0, 0.05) is 55.8 Å². The minimum absolute atomic E-state index is 0.159. The summed E-state index contributed by atoms with van der Waals surface area (Å²) in [4.78, 5) is 16.4. The lowest BCUT2D eigenvalue weighted by atomic mass is 9.84. The summed E-state index contributed by atoms with van der Waals surface area (Å²) in [6, 6.07) is 4.46. The van der Waals surface area contributed by atoms with Crippen LogP contribution in [-0.2, 0) is 12.5 Å². The van der Waals surface area contributed by atoms with Crippen LogP contribution in [-0.4, -0.2) is 58.4 Å². The second kappa shape index (κ2) is 7.72. The molecular formula is C18H24ClFN6O. The lowest BCUT2D eigenvalue weighted by Gasteiger charge is -2.36. The van der Waals surface area contributed by atoms with E-state index in [0.29, 0.717) is 36.8 Å². The van der Waals surface area contributed by atoms with Gasteiger partial charge in [-0.25, -0.2) is 9.18 Å². The van der Waals surface area contributed by atoms with Gasteiger partial charge in [-0.2, -0.15) is 0 Å². The van der Waals surface area contributed by atoms with E-state index in [2.05, 4.69) is 20.4 Å². The summed E-state index contributed by atoms with van der Waals surface area (Å²) >= 11 is 6.17. The van der Waals surface area contributed by atoms with Gasteiger partial charge in [-0.1, -0.05) is 31.5 Å². The molecule has 2 aromatic rings. The molecule has 1 saturated heterocycles. The van der Waals surface area contributed by atoms with E-state index in [0.717, 1.165) is 5.95 Å². The third-order valence-corrected chi connectivity index (χ3v) is 5.17. The van der Waals surface area contributed by atoms with E-state index < -0.39 is 5.41 Å². The van der Waals surface area contributed by atoms with Crippen molar-refractivity contribution in [3.05, 3.63) is 40.9 Å². The van der Waals surface area contributed by atoms with Crippen LogP contribution < -0.4 is 10.2 Å². The Hall–Kier alpha value is -2.35. The van der Waals surface area contributed by atoms with Gasteiger partial charge < -0.3 is 19.7 Å². The van der Waals surface area contributed by atoms with E-state index in [1.807, 2.05) is 25.5 Å². The van der Waals surface area contributed by atoms with E-state index >= 15 is 0 Å². The third-order valence-electron chi connectivity index (χ3n) is 4.86. The molecule has 1 fully saturated rings. The number of hydrogen-bond donors (Lipinski definition) is 1. The van der Waals surface area contributed by atoms with Gasteiger partial charge in [0.05, 0.1) is 0 Å². The Balaban J connectivity index is 1.56. The summed E-state index contributed by atoms with van der Waals surface area (Å²) in [5, 5.41) is 11.3. The Kier molecular flexibility index (Phi) is 5.55. The first-order chi connectivity index (χ1) is 12.8. The molecule has 0 bridgehead atoms. The van der Waals surface area contributed by atoms with Gasteiger partial charge in [0.15, 0.2) is 0 Å². The smallest absolute Gasteiger partial charge is 0.317 e. The second-order valence-corrected chi connectivity index (χ2v) is 7.76. The Labute approximate surface area is 163 Å². The summed E-state index contributed by atoms with van der Waals surface area (Å²) in [6.45, 7) is 6.55. The van der Waals surface area contributed by atoms with E-state index in [1.165, 1.54) is 6.07 Å². The molecule has 0 radical (unpaired) electrons. The summed E-state index contributed by atoms with van der Waals surface area (Å²) in [6.07, 6.45) is 1.66. The highest BCUT2D eigenvalue weighted by molar-refractivity contribution is 6.31. The summed E-state index contributed by atoms with van der Waals surface area (Å²) in [5.41, 5.74) is -0.211. The highest BCUT2D eigenvalue weighted by Crippen LogP contribution is 2.31. The van der Waals surface area contributed by atoms with Gasteiger partial charge in [0.25, 0.3) is 0 Å². The van der Waals surface area contributed by atoms with Crippen LogP contribution >= 0.6 is 11.6 Å². The van der Waals surface area contributed by atoms with Crippen molar-refractivity contribution in [1.82, 2.24) is 25.0 Å². The van der Waals surface area contributed by atoms with Crippen LogP contribution in [0.15, 0.2) is 24.5 Å². The van der Waals surface area contributed by atoms with Crippen molar-refractivity contribution in [2.24, 2.45) is 7.05 Å². The van der Waals surface area contributed by atoms with Crippen LogP contribution in [0, 0.1) is 5.82 Å². The van der Waals surface area contributed by atoms with Crippen LogP contribution in [0.4, 0.5) is 15.1 Å². The molecule has 1 aliphatic rings. The van der Waals surface area contributed by atoms with Gasteiger partial charge in [0.2, 0.25) is 5.95 Å². The lowest BCUT2D eigenvalue weighted by molar-refractivity contribution is 0.191. The maximum Gasteiger partial charge on any atom is 0.317 e. The van der Waals surface area contributed by atoms with Crippen LogP contribution in [0.2, 0.25) is 5.02 Å². The van der Waals surface area contributed by atoms with Crippen LogP contribution in [0.1, 0.15) is 19.4 Å². The number of piperazine rings is 1. The summed E-state index contributed by atoms with van der Waals surface area (Å²) < 4.78 is 16.1. The molecule has 1 N–H and O–H groups in total. The molecule has 27 heavy (non-hydrogen) atoms. The van der Waals surface area contributed by atoms with Crippen molar-refractivity contribution >= 4 is 23.6 Å². The molecule has 0 unspecified atom stereocenters. The first kappa shape index (κ1) is 19.4. The van der Waals surface area contributed by atoms with E-state index in [9.17, 15) is 9.18 Å². The maximum atomic E-state index is 14.2. The van der Waals surface area contributed by atoms with Crippen molar-refractivity contribution < 1.29 is 9.18 Å². The number of amides is 2. The highest BCUT2D eigenvalue weighted by atomic mass is 35.5. The van der Waals surface area contributed by atoms with Crippen LogP contribution in [0.3, 0.4) is 0 Å². The molecule has 0 spiro atoms. The van der Waals surface area contributed by atoms with Crippen LogP contribution in [0.5, 0.6) is 0 Å². The first-order valence-electron chi connectivity index (χ1n) is 8.86. The van der Waals surface area contributed by atoms with Gasteiger partial charge >= 0.3 is 6.03 Å². The molecule has 0 aliphatic carbocycles. The van der Waals surface area contributed by atoms with Gasteiger partial charge in [-0.15, -0.1) is 10.2 Å². The molecule has 1 aliphatic heterocycles. The lowest BCUT2D eigenvalue weighted by Crippen LogP contribution is -2.53. The molecular weight excluding hydrogens is 371 g/mol. The number of carbonyl (C=O) groups excluding carboxylic acids is 1. The van der Waals surface area contributed by atoms with E-state index in [1.54, 1.807) is 23.4 Å². The number of urea groups is 1. The number of aryl methyl sites for hydroxylation is 1. The van der Waals surface area contributed by atoms with Crippen molar-refractivity contribution in [3.8, 4) is 0 Å². The van der Waals surface area contributed by atoms with Gasteiger partial charge in [-0.3, -0.25) is 0 Å². The number of nitrogens with zero attached hydrogens (tertiary/aromatic N) is 5. The van der Waals surface area contributed by atoms with E-state index in [4.69, 9.17) is 11.6 Å². The van der Waals surface area contributed by atoms with Crippen molar-refractivity contribution in [3.63, 3.8) is 0 Å². The van der Waals surface area contributed by atoms with Gasteiger partial charge in [0.1, 0.15) is 12.1 Å². The monoisotopic (exact) mass is 394 g/mol. The SMILES string of the molecule is Cn1cnnc1N1CCN(C(=O)NCC(C)(C)c2c(F)cccc2Cl)CC1. The standard InChI is InChI=1S/C18H24ClFN6O/c1-18(2,15-13(19)5-4-6-14(15)20)11-21-17(27)26-9-7-25(8-10-26)16-23-22-12-24(16)3/h4-6,12H,7-11H2,1-3H3,(H,21,27). The Morgan fingerprint density at radius 1 is 1.30 bits per heavy atom. The third kappa shape index (κ3) is 4.16. The number of rotatable bonds is 4. The number of carbonyl (C=O) groups is 1. The normalized spacial score (nSPS) is 15.1. The summed E-state index contributed by atoms with van der Waals surface area (Å²) in [5.74, 6) is 0.435. The zero-order valence-corrected chi connectivity index (χ0v) is 16.5. The maximum absolute atomic E-state index is 14.2. The molecule has 146 valence electrons. The largest absolute Gasteiger partial charge is 0.337 e. The zero-order chi connectivity index (χ0) is 19.6. The molecule has 1 aromatic carbocycles. The Morgan fingerprint density at radius 2 is 2.00 bits per heavy atom. The van der Waals surface area contributed by atoms with E-state index in [-0.39, 0.29) is 18.4 Å². The minimum Gasteiger partial charge on any atom is -0.337 e. The van der Waals surface area contributed by atoms with Gasteiger partial charge in [-0.05, 0) is 12.1 Å². The minimum atomic E-state index is -0.626. The van der Waals surface area contributed by atoms with Crippen molar-refractivity contribution in [2.45, 2.75) is 19.3 Å². The second-order valence-electron chi connectivity index (χ2n) is 7.36. The number of nitrogens with one attached hydrogen (secondary N) is 1. The fourth-order valence-electron chi connectivity index (χ4n) is 3.31. The quantitative estimate of drug-likeness (QED) is 0.864. The number of benzene rings is 1. The Morgan fingerprint density at radius 3 is 2.59 bits per heavy atom. The molecule has 7 nitrogen and oxygen atoms in total. The number of anilines is 1. The van der Waals surface area contributed by atoms with Crippen molar-refractivity contribution in [2.75, 3.05) is 37.6 Å². The summed E-state index contributed by atoms with van der Waals surface area (Å²) in [7, 11) is 1.89. The fraction of sp³-hybridized carbons (Fsp3) is 0.500. The van der Waals surface area contributed by atoms with Crippen LogP contribution in [0.25, 0.3) is 0 Å². The predicted octanol–water partition coefficient (Wildman–Crippen LogP) is 2.42. The average molecular weight is 395 g/mol.